The van der Waals surface area contributed by atoms with Crippen molar-refractivity contribution in [3.63, 3.8) is 0 Å². The largest absolute Gasteiger partial charge is 0.238 e. The maximum Gasteiger partial charge on any atom is 0.159 e. The molecule has 2 aliphatic rings. The maximum atomic E-state index is 12.7. The summed E-state index contributed by atoms with van der Waals surface area (Å²) >= 11 is 0. The Balaban J connectivity index is 1.92. The van der Waals surface area contributed by atoms with Crippen molar-refractivity contribution < 1.29 is 4.39 Å². The Kier molecular flexibility index (Phi) is 1.64. The summed E-state index contributed by atoms with van der Waals surface area (Å²) in [4.78, 5) is 8.26. The van der Waals surface area contributed by atoms with Gasteiger partial charge in [0.15, 0.2) is 5.82 Å². The molecule has 2 saturated carbocycles. The van der Waals surface area contributed by atoms with E-state index < -0.39 is 0 Å². The molecule has 3 heteroatoms. The molecule has 0 N–H and O–H groups in total. The van der Waals surface area contributed by atoms with E-state index >= 15 is 0 Å². The molecule has 0 radical (unpaired) electrons. The molecule has 14 heavy (non-hydrogen) atoms. The second-order valence-corrected chi connectivity index (χ2v) is 4.53. The van der Waals surface area contributed by atoms with Crippen LogP contribution < -0.4 is 0 Å². The van der Waals surface area contributed by atoms with Crippen LogP contribution in [-0.2, 0) is 5.41 Å². The Morgan fingerprint density at radius 3 is 2.79 bits per heavy atom. The highest BCUT2D eigenvalue weighted by molar-refractivity contribution is 5.23. The van der Waals surface area contributed by atoms with Gasteiger partial charge in [0.1, 0.15) is 5.82 Å². The van der Waals surface area contributed by atoms with Crippen molar-refractivity contribution >= 4 is 0 Å². The molecule has 1 aromatic rings. The van der Waals surface area contributed by atoms with E-state index in [0.29, 0.717) is 0 Å². The third-order valence-electron chi connectivity index (χ3n) is 3.72. The minimum Gasteiger partial charge on any atom is -0.238 e. The van der Waals surface area contributed by atoms with E-state index in [-0.39, 0.29) is 11.2 Å². The van der Waals surface area contributed by atoms with Crippen LogP contribution in [0.15, 0.2) is 12.4 Å². The highest BCUT2D eigenvalue weighted by atomic mass is 19.1. The van der Waals surface area contributed by atoms with Gasteiger partial charge in [0.05, 0.1) is 12.4 Å². The smallest absolute Gasteiger partial charge is 0.159 e. The Morgan fingerprint density at radius 1 is 1.29 bits per heavy atom. The zero-order valence-electron chi connectivity index (χ0n) is 8.04. The molecule has 74 valence electrons. The number of fused-ring (bicyclic) bond motifs is 1. The number of halogens is 1. The molecule has 0 aromatic carbocycles. The van der Waals surface area contributed by atoms with Crippen LogP contribution in [0.3, 0.4) is 0 Å². The van der Waals surface area contributed by atoms with E-state index in [0.717, 1.165) is 11.7 Å². The maximum absolute atomic E-state index is 12.7. The molecule has 2 atom stereocenters. The van der Waals surface area contributed by atoms with Crippen molar-refractivity contribution in [3.8, 4) is 0 Å². The average molecular weight is 192 g/mol. The molecule has 1 aromatic heterocycles. The summed E-state index contributed by atoms with van der Waals surface area (Å²) in [5.74, 6) is 1.32. The molecule has 2 fully saturated rings. The van der Waals surface area contributed by atoms with Crippen molar-refractivity contribution in [3.05, 3.63) is 24.0 Å². The van der Waals surface area contributed by atoms with Crippen molar-refractivity contribution in [1.29, 1.82) is 0 Å². The van der Waals surface area contributed by atoms with Gasteiger partial charge in [0.2, 0.25) is 0 Å². The highest BCUT2D eigenvalue weighted by Gasteiger charge is 2.57. The number of hydrogen-bond acceptors (Lipinski definition) is 2. The summed E-state index contributed by atoms with van der Waals surface area (Å²) in [6.07, 6.45) is 8.93. The van der Waals surface area contributed by atoms with Crippen molar-refractivity contribution in [2.75, 3.05) is 0 Å². The lowest BCUT2D eigenvalue weighted by Gasteiger charge is -2.19. The molecule has 0 aliphatic heterocycles. The summed E-state index contributed by atoms with van der Waals surface area (Å²) in [5.41, 5.74) is 0.242. The lowest BCUT2D eigenvalue weighted by Crippen LogP contribution is -2.17. The SMILES string of the molecule is Fc1cnc(C23CCCCC2C3)nc1. The third-order valence-corrected chi connectivity index (χ3v) is 3.72. The number of nitrogens with zero attached hydrogens (tertiary/aromatic N) is 2. The summed E-state index contributed by atoms with van der Waals surface area (Å²) in [5, 5.41) is 0. The monoisotopic (exact) mass is 192 g/mol. The van der Waals surface area contributed by atoms with Gasteiger partial charge >= 0.3 is 0 Å². The van der Waals surface area contributed by atoms with E-state index in [2.05, 4.69) is 9.97 Å². The Bertz CT molecular complexity index is 349. The van der Waals surface area contributed by atoms with Crippen LogP contribution in [0, 0.1) is 11.7 Å². The highest BCUT2D eigenvalue weighted by Crippen LogP contribution is 2.61. The molecule has 0 amide bonds. The molecule has 2 nitrogen and oxygen atoms in total. The van der Waals surface area contributed by atoms with Crippen LogP contribution in [0.1, 0.15) is 37.9 Å². The molecule has 0 saturated heterocycles. The average Bonchev–Trinajstić information content (AvgIpc) is 2.94. The minimum absolute atomic E-state index is 0.242. The van der Waals surface area contributed by atoms with Crippen LogP contribution in [0.2, 0.25) is 0 Å². The topological polar surface area (TPSA) is 25.8 Å². The lowest BCUT2D eigenvalue weighted by molar-refractivity contribution is 0.411. The van der Waals surface area contributed by atoms with Crippen molar-refractivity contribution in [2.24, 2.45) is 5.92 Å². The minimum atomic E-state index is -0.335. The van der Waals surface area contributed by atoms with Crippen LogP contribution in [0.5, 0.6) is 0 Å². The fourth-order valence-corrected chi connectivity index (χ4v) is 2.85. The molecular formula is C11H13FN2. The predicted octanol–water partition coefficient (Wildman–Crippen LogP) is 2.45. The summed E-state index contributed by atoms with van der Waals surface area (Å²) in [6.45, 7) is 0. The fourth-order valence-electron chi connectivity index (χ4n) is 2.85. The van der Waals surface area contributed by atoms with E-state index in [4.69, 9.17) is 0 Å². The van der Waals surface area contributed by atoms with Gasteiger partial charge < -0.3 is 0 Å². The Hall–Kier alpha value is -0.990. The Labute approximate surface area is 82.6 Å². The number of rotatable bonds is 1. The van der Waals surface area contributed by atoms with E-state index in [9.17, 15) is 4.39 Å². The van der Waals surface area contributed by atoms with Gasteiger partial charge in [0.25, 0.3) is 0 Å². The number of aromatic nitrogens is 2. The van der Waals surface area contributed by atoms with Crippen LogP contribution >= 0.6 is 0 Å². The first kappa shape index (κ1) is 8.33. The van der Waals surface area contributed by atoms with Gasteiger partial charge in [-0.05, 0) is 25.2 Å². The van der Waals surface area contributed by atoms with E-state index in [1.165, 1.54) is 44.5 Å². The zero-order valence-corrected chi connectivity index (χ0v) is 8.04. The fraction of sp³-hybridized carbons (Fsp3) is 0.636. The molecule has 2 aliphatic carbocycles. The standard InChI is InChI=1S/C11H13FN2/c12-9-6-13-10(14-7-9)11-4-2-1-3-8(11)5-11/h6-8H,1-5H2. The quantitative estimate of drug-likeness (QED) is 0.683. The van der Waals surface area contributed by atoms with E-state index in [1.807, 2.05) is 0 Å². The molecule has 3 rings (SSSR count). The summed E-state index contributed by atoms with van der Waals surface area (Å²) in [6, 6.07) is 0. The van der Waals surface area contributed by atoms with Crippen LogP contribution in [0.4, 0.5) is 4.39 Å². The first-order valence-electron chi connectivity index (χ1n) is 5.29. The van der Waals surface area contributed by atoms with Crippen LogP contribution in [-0.4, -0.2) is 9.97 Å². The molecule has 0 spiro atoms. The van der Waals surface area contributed by atoms with Gasteiger partial charge in [-0.15, -0.1) is 0 Å². The van der Waals surface area contributed by atoms with E-state index in [1.54, 1.807) is 0 Å². The van der Waals surface area contributed by atoms with Gasteiger partial charge in [-0.3, -0.25) is 0 Å². The third kappa shape index (κ3) is 1.08. The zero-order chi connectivity index (χ0) is 9.60. The van der Waals surface area contributed by atoms with Crippen LogP contribution in [0.25, 0.3) is 0 Å². The molecule has 1 heterocycles. The second-order valence-electron chi connectivity index (χ2n) is 4.53. The second kappa shape index (κ2) is 2.75. The predicted molar refractivity (Wildman–Crippen MR) is 50.2 cm³/mol. The van der Waals surface area contributed by atoms with Gasteiger partial charge in [-0.1, -0.05) is 12.8 Å². The van der Waals surface area contributed by atoms with Gasteiger partial charge in [-0.2, -0.15) is 0 Å². The molecule has 0 bridgehead atoms. The Morgan fingerprint density at radius 2 is 2.07 bits per heavy atom. The summed E-state index contributed by atoms with van der Waals surface area (Å²) < 4.78 is 12.7. The van der Waals surface area contributed by atoms with Gasteiger partial charge in [0, 0.05) is 5.41 Å². The summed E-state index contributed by atoms with van der Waals surface area (Å²) in [7, 11) is 0. The molecule has 2 unspecified atom stereocenters. The first-order chi connectivity index (χ1) is 6.81. The van der Waals surface area contributed by atoms with Gasteiger partial charge in [-0.25, -0.2) is 14.4 Å². The van der Waals surface area contributed by atoms with Crippen molar-refractivity contribution in [1.82, 2.24) is 9.97 Å². The normalized spacial score (nSPS) is 35.1. The molecular weight excluding hydrogens is 179 g/mol. The first-order valence-corrected chi connectivity index (χ1v) is 5.29. The lowest BCUT2D eigenvalue weighted by atomic mass is 9.88. The van der Waals surface area contributed by atoms with Crippen molar-refractivity contribution in [2.45, 2.75) is 37.5 Å². The number of hydrogen-bond donors (Lipinski definition) is 0.